The van der Waals surface area contributed by atoms with Crippen LogP contribution in [0.5, 0.6) is 0 Å². The van der Waals surface area contributed by atoms with Crippen LogP contribution in [0.25, 0.3) is 0 Å². The van der Waals surface area contributed by atoms with E-state index >= 15 is 0 Å². The molecule has 0 spiro atoms. The molecule has 0 saturated heterocycles. The molecular formula is C17H36N2. The van der Waals surface area contributed by atoms with E-state index in [0.717, 1.165) is 18.5 Å². The molecule has 1 aliphatic rings. The summed E-state index contributed by atoms with van der Waals surface area (Å²) in [6.45, 7) is 14.0. The summed E-state index contributed by atoms with van der Waals surface area (Å²) >= 11 is 0. The van der Waals surface area contributed by atoms with Gasteiger partial charge in [0, 0.05) is 18.6 Å². The number of hydrogen-bond donors (Lipinski definition) is 1. The monoisotopic (exact) mass is 268 g/mol. The zero-order valence-electron chi connectivity index (χ0n) is 14.1. The smallest absolute Gasteiger partial charge is 0.0220 e. The number of likely N-dealkylation sites (N-methyl/N-ethyl adjacent to an activating group) is 2. The van der Waals surface area contributed by atoms with Gasteiger partial charge in [0.2, 0.25) is 0 Å². The van der Waals surface area contributed by atoms with Crippen LogP contribution >= 0.6 is 0 Å². The van der Waals surface area contributed by atoms with Gasteiger partial charge in [0.05, 0.1) is 0 Å². The number of rotatable bonds is 7. The molecule has 2 unspecified atom stereocenters. The third-order valence-electron chi connectivity index (χ3n) is 5.21. The molecule has 2 nitrogen and oxygen atoms in total. The number of nitrogens with one attached hydrogen (secondary N) is 1. The van der Waals surface area contributed by atoms with E-state index in [0.29, 0.717) is 11.5 Å². The van der Waals surface area contributed by atoms with Crippen LogP contribution in [-0.2, 0) is 0 Å². The lowest BCUT2D eigenvalue weighted by Crippen LogP contribution is -2.47. The Hall–Kier alpha value is -0.0800. The minimum Gasteiger partial charge on any atom is -0.313 e. The molecule has 1 rings (SSSR count). The predicted octanol–water partition coefficient (Wildman–Crippen LogP) is 3.91. The lowest BCUT2D eigenvalue weighted by molar-refractivity contribution is 0.112. The first-order valence-corrected chi connectivity index (χ1v) is 8.33. The first-order chi connectivity index (χ1) is 8.89. The van der Waals surface area contributed by atoms with Crippen LogP contribution in [0.4, 0.5) is 0 Å². The lowest BCUT2D eigenvalue weighted by atomic mass is 9.75. The Balaban J connectivity index is 2.46. The Morgan fingerprint density at radius 2 is 1.79 bits per heavy atom. The molecule has 0 heterocycles. The van der Waals surface area contributed by atoms with Crippen molar-refractivity contribution in [2.75, 3.05) is 20.1 Å². The van der Waals surface area contributed by atoms with Crippen LogP contribution in [0.3, 0.4) is 0 Å². The van der Waals surface area contributed by atoms with E-state index in [1.165, 1.54) is 38.6 Å². The van der Waals surface area contributed by atoms with E-state index in [4.69, 9.17) is 0 Å². The van der Waals surface area contributed by atoms with Crippen molar-refractivity contribution >= 4 is 0 Å². The Morgan fingerprint density at radius 3 is 2.26 bits per heavy atom. The van der Waals surface area contributed by atoms with Crippen molar-refractivity contribution in [3.8, 4) is 0 Å². The Bertz CT molecular complexity index is 240. The number of nitrogens with zero attached hydrogens (tertiary/aromatic N) is 1. The highest BCUT2D eigenvalue weighted by Crippen LogP contribution is 2.36. The Morgan fingerprint density at radius 1 is 1.21 bits per heavy atom. The highest BCUT2D eigenvalue weighted by Gasteiger charge is 2.29. The van der Waals surface area contributed by atoms with Gasteiger partial charge in [0.25, 0.3) is 0 Å². The predicted molar refractivity (Wildman–Crippen MR) is 85.6 cm³/mol. The molecule has 0 bridgehead atoms. The lowest BCUT2D eigenvalue weighted by Gasteiger charge is -2.40. The average molecular weight is 268 g/mol. The van der Waals surface area contributed by atoms with Crippen LogP contribution in [0.2, 0.25) is 0 Å². The molecule has 2 atom stereocenters. The van der Waals surface area contributed by atoms with E-state index in [-0.39, 0.29) is 0 Å². The van der Waals surface area contributed by atoms with Crippen LogP contribution < -0.4 is 5.32 Å². The standard InChI is InChI=1S/C17H36N2/c1-7-14(3)16(18-8-2)13-19(6)15-9-11-17(4,5)12-10-15/h14-16,18H,7-13H2,1-6H3. The summed E-state index contributed by atoms with van der Waals surface area (Å²) in [7, 11) is 2.33. The van der Waals surface area contributed by atoms with Gasteiger partial charge in [0.1, 0.15) is 0 Å². The summed E-state index contributed by atoms with van der Waals surface area (Å²) in [5.74, 6) is 0.766. The second-order valence-corrected chi connectivity index (χ2v) is 7.38. The molecule has 0 aromatic heterocycles. The van der Waals surface area contributed by atoms with Gasteiger partial charge in [-0.15, -0.1) is 0 Å². The zero-order valence-corrected chi connectivity index (χ0v) is 14.1. The number of hydrogen-bond acceptors (Lipinski definition) is 2. The van der Waals surface area contributed by atoms with Gasteiger partial charge in [-0.05, 0) is 50.6 Å². The normalized spacial score (nSPS) is 23.5. The Kier molecular flexibility index (Phi) is 6.82. The largest absolute Gasteiger partial charge is 0.313 e. The fourth-order valence-electron chi connectivity index (χ4n) is 3.28. The third-order valence-corrected chi connectivity index (χ3v) is 5.21. The molecule has 1 fully saturated rings. The summed E-state index contributed by atoms with van der Waals surface area (Å²) in [5.41, 5.74) is 0.578. The molecule has 2 heteroatoms. The summed E-state index contributed by atoms with van der Waals surface area (Å²) in [6, 6.07) is 1.45. The maximum absolute atomic E-state index is 3.68. The molecule has 1 aliphatic carbocycles. The molecule has 1 saturated carbocycles. The Labute approximate surface area is 121 Å². The first kappa shape index (κ1) is 17.0. The highest BCUT2D eigenvalue weighted by atomic mass is 15.2. The molecule has 19 heavy (non-hydrogen) atoms. The van der Waals surface area contributed by atoms with E-state index < -0.39 is 0 Å². The van der Waals surface area contributed by atoms with Crippen LogP contribution in [-0.4, -0.2) is 37.1 Å². The van der Waals surface area contributed by atoms with Gasteiger partial charge >= 0.3 is 0 Å². The summed E-state index contributed by atoms with van der Waals surface area (Å²) in [5, 5.41) is 3.68. The van der Waals surface area contributed by atoms with Gasteiger partial charge in [0.15, 0.2) is 0 Å². The molecule has 0 aromatic rings. The second-order valence-electron chi connectivity index (χ2n) is 7.38. The van der Waals surface area contributed by atoms with Gasteiger partial charge in [-0.25, -0.2) is 0 Å². The van der Waals surface area contributed by atoms with Gasteiger partial charge in [-0.3, -0.25) is 0 Å². The van der Waals surface area contributed by atoms with Crippen molar-refractivity contribution in [1.82, 2.24) is 10.2 Å². The first-order valence-electron chi connectivity index (χ1n) is 8.33. The molecule has 0 amide bonds. The minimum absolute atomic E-state index is 0.578. The molecule has 0 aliphatic heterocycles. The quantitative estimate of drug-likeness (QED) is 0.753. The SMILES string of the molecule is CCNC(CN(C)C1CCC(C)(C)CC1)C(C)CC. The molecule has 114 valence electrons. The molecule has 0 radical (unpaired) electrons. The van der Waals surface area contributed by atoms with Gasteiger partial charge in [-0.1, -0.05) is 41.0 Å². The van der Waals surface area contributed by atoms with Crippen molar-refractivity contribution < 1.29 is 0 Å². The maximum atomic E-state index is 3.68. The van der Waals surface area contributed by atoms with E-state index in [9.17, 15) is 0 Å². The van der Waals surface area contributed by atoms with Crippen LogP contribution in [0.15, 0.2) is 0 Å². The van der Waals surface area contributed by atoms with Gasteiger partial charge in [-0.2, -0.15) is 0 Å². The second kappa shape index (κ2) is 7.64. The van der Waals surface area contributed by atoms with Crippen molar-refractivity contribution in [2.24, 2.45) is 11.3 Å². The summed E-state index contributed by atoms with van der Waals surface area (Å²) in [4.78, 5) is 2.62. The summed E-state index contributed by atoms with van der Waals surface area (Å²) < 4.78 is 0. The van der Waals surface area contributed by atoms with Crippen LogP contribution in [0, 0.1) is 11.3 Å². The topological polar surface area (TPSA) is 15.3 Å². The van der Waals surface area contributed by atoms with E-state index in [1.807, 2.05) is 0 Å². The summed E-state index contributed by atoms with van der Waals surface area (Å²) in [6.07, 6.45) is 6.79. The van der Waals surface area contributed by atoms with Crippen molar-refractivity contribution in [2.45, 2.75) is 78.8 Å². The fourth-order valence-corrected chi connectivity index (χ4v) is 3.28. The zero-order chi connectivity index (χ0) is 14.5. The maximum Gasteiger partial charge on any atom is 0.0220 e. The van der Waals surface area contributed by atoms with Crippen LogP contribution in [0.1, 0.15) is 66.7 Å². The van der Waals surface area contributed by atoms with Crippen molar-refractivity contribution in [1.29, 1.82) is 0 Å². The van der Waals surface area contributed by atoms with E-state index in [1.54, 1.807) is 0 Å². The average Bonchev–Trinajstić information content (AvgIpc) is 2.37. The van der Waals surface area contributed by atoms with Crippen molar-refractivity contribution in [3.63, 3.8) is 0 Å². The van der Waals surface area contributed by atoms with Gasteiger partial charge < -0.3 is 10.2 Å². The molecule has 0 aromatic carbocycles. The fraction of sp³-hybridized carbons (Fsp3) is 1.00. The minimum atomic E-state index is 0.578. The highest BCUT2D eigenvalue weighted by molar-refractivity contribution is 4.85. The van der Waals surface area contributed by atoms with E-state index in [2.05, 4.69) is 51.9 Å². The third kappa shape index (κ3) is 5.43. The molecular weight excluding hydrogens is 232 g/mol. The molecule has 1 N–H and O–H groups in total. The van der Waals surface area contributed by atoms with Crippen molar-refractivity contribution in [3.05, 3.63) is 0 Å².